The van der Waals surface area contributed by atoms with E-state index >= 15 is 0 Å². The van der Waals surface area contributed by atoms with Crippen LogP contribution in [-0.4, -0.2) is 12.1 Å². The Morgan fingerprint density at radius 3 is 2.67 bits per heavy atom. The van der Waals surface area contributed by atoms with Crippen LogP contribution in [0.1, 0.15) is 45.6 Å². The van der Waals surface area contributed by atoms with Gasteiger partial charge in [0.15, 0.2) is 0 Å². The van der Waals surface area contributed by atoms with Crippen LogP contribution in [0.5, 0.6) is 5.75 Å². The fourth-order valence-electron chi connectivity index (χ4n) is 2.16. The molecule has 0 bridgehead atoms. The Hall–Kier alpha value is -1.24. The van der Waals surface area contributed by atoms with Gasteiger partial charge in [-0.15, -0.1) is 0 Å². The van der Waals surface area contributed by atoms with Gasteiger partial charge in [0.05, 0.1) is 17.7 Å². The lowest BCUT2D eigenvalue weighted by atomic mass is 10.1. The Bertz CT molecular complexity index is 539. The van der Waals surface area contributed by atoms with E-state index in [4.69, 9.17) is 21.6 Å². The van der Waals surface area contributed by atoms with Crippen LogP contribution in [0.25, 0.3) is 0 Å². The predicted octanol–water partition coefficient (Wildman–Crippen LogP) is 4.30. The molecule has 1 aromatic carbocycles. The number of nitrogens with one attached hydrogen (secondary N) is 1. The van der Waals surface area contributed by atoms with Crippen LogP contribution in [0.3, 0.4) is 0 Å². The first kappa shape index (κ1) is 16.1. The number of rotatable bonds is 6. The molecule has 4 heteroatoms. The van der Waals surface area contributed by atoms with Gasteiger partial charge in [-0.05, 0) is 39.7 Å². The summed E-state index contributed by atoms with van der Waals surface area (Å²) in [5, 5.41) is 13.0. The highest BCUT2D eigenvalue weighted by molar-refractivity contribution is 6.32. The first-order chi connectivity index (χ1) is 9.85. The van der Waals surface area contributed by atoms with Gasteiger partial charge >= 0.3 is 0 Å². The van der Waals surface area contributed by atoms with E-state index in [1.165, 1.54) is 0 Å². The van der Waals surface area contributed by atoms with Crippen molar-refractivity contribution in [1.82, 2.24) is 5.32 Å². The molecule has 0 spiro atoms. The van der Waals surface area contributed by atoms with Gasteiger partial charge < -0.3 is 10.1 Å². The second-order valence-electron chi connectivity index (χ2n) is 6.96. The molecule has 1 saturated carbocycles. The molecule has 0 amide bonds. The molecular weight excluding hydrogens is 284 g/mol. The molecule has 1 N–H and O–H groups in total. The molecule has 0 radical (unpaired) electrons. The highest BCUT2D eigenvalue weighted by atomic mass is 35.5. The molecule has 1 aliphatic carbocycles. The van der Waals surface area contributed by atoms with Gasteiger partial charge in [0.1, 0.15) is 5.75 Å². The summed E-state index contributed by atoms with van der Waals surface area (Å²) < 4.78 is 5.99. The Morgan fingerprint density at radius 2 is 2.10 bits per heavy atom. The first-order valence-electron chi connectivity index (χ1n) is 7.37. The summed E-state index contributed by atoms with van der Waals surface area (Å²) in [4.78, 5) is 0. The third-order valence-corrected chi connectivity index (χ3v) is 4.09. The Kier molecular flexibility index (Phi) is 4.81. The van der Waals surface area contributed by atoms with Crippen molar-refractivity contribution in [2.75, 3.05) is 6.61 Å². The minimum atomic E-state index is 0.0398. The summed E-state index contributed by atoms with van der Waals surface area (Å²) in [5.74, 6) is 0.750. The number of halogens is 1. The molecule has 0 atom stereocenters. The fraction of sp³-hybridized carbons (Fsp3) is 0.588. The Balaban J connectivity index is 2.06. The van der Waals surface area contributed by atoms with Crippen molar-refractivity contribution in [2.24, 2.45) is 5.41 Å². The summed E-state index contributed by atoms with van der Waals surface area (Å²) in [5.41, 5.74) is 1.16. The van der Waals surface area contributed by atoms with Crippen LogP contribution in [0, 0.1) is 16.7 Å². The normalized spacial score (nSPS) is 16.3. The fourth-order valence-corrected chi connectivity index (χ4v) is 2.41. The van der Waals surface area contributed by atoms with E-state index < -0.39 is 0 Å². The van der Waals surface area contributed by atoms with E-state index in [2.05, 4.69) is 32.2 Å². The van der Waals surface area contributed by atoms with E-state index in [0.29, 0.717) is 24.6 Å². The number of nitriles is 1. The number of benzene rings is 1. The van der Waals surface area contributed by atoms with Crippen LogP contribution in [-0.2, 0) is 6.54 Å². The van der Waals surface area contributed by atoms with Crippen molar-refractivity contribution >= 4 is 11.6 Å². The minimum absolute atomic E-state index is 0.0398. The maximum atomic E-state index is 8.88. The maximum absolute atomic E-state index is 8.88. The summed E-state index contributed by atoms with van der Waals surface area (Å²) in [6, 6.07) is 8.08. The Labute approximate surface area is 132 Å². The molecule has 0 saturated heterocycles. The number of ether oxygens (including phenoxy) is 1. The minimum Gasteiger partial charge on any atom is -0.491 e. The third kappa shape index (κ3) is 4.62. The largest absolute Gasteiger partial charge is 0.491 e. The molecule has 0 heterocycles. The van der Waals surface area contributed by atoms with Gasteiger partial charge in [-0.25, -0.2) is 0 Å². The number of hydrogen-bond acceptors (Lipinski definition) is 3. The van der Waals surface area contributed by atoms with Gasteiger partial charge in [-0.3, -0.25) is 0 Å². The third-order valence-electron chi connectivity index (χ3n) is 3.79. The quantitative estimate of drug-likeness (QED) is 0.852. The van der Waals surface area contributed by atoms with Gasteiger partial charge in [0.2, 0.25) is 0 Å². The van der Waals surface area contributed by atoms with Crippen LogP contribution in [0.15, 0.2) is 18.2 Å². The van der Waals surface area contributed by atoms with Crippen LogP contribution < -0.4 is 10.1 Å². The molecule has 1 aromatic rings. The van der Waals surface area contributed by atoms with Crippen LogP contribution >= 0.6 is 11.6 Å². The van der Waals surface area contributed by atoms with E-state index in [9.17, 15) is 0 Å². The van der Waals surface area contributed by atoms with Crippen LogP contribution in [0.4, 0.5) is 0 Å². The number of hydrogen-bond donors (Lipinski definition) is 1. The van der Waals surface area contributed by atoms with E-state index in [1.807, 2.05) is 18.2 Å². The second-order valence-corrected chi connectivity index (χ2v) is 7.36. The van der Waals surface area contributed by atoms with E-state index in [-0.39, 0.29) is 11.0 Å². The van der Waals surface area contributed by atoms with E-state index in [1.54, 1.807) is 0 Å². The van der Waals surface area contributed by atoms with Crippen molar-refractivity contribution in [3.8, 4) is 11.8 Å². The van der Waals surface area contributed by atoms with Gasteiger partial charge in [0.25, 0.3) is 0 Å². The average molecular weight is 307 g/mol. The number of nitrogens with zero attached hydrogens (tertiary/aromatic N) is 1. The summed E-state index contributed by atoms with van der Waals surface area (Å²) in [6.07, 6.45) is 2.70. The second kappa shape index (κ2) is 6.25. The molecule has 21 heavy (non-hydrogen) atoms. The lowest BCUT2D eigenvalue weighted by Gasteiger charge is -2.22. The topological polar surface area (TPSA) is 45.0 Å². The monoisotopic (exact) mass is 306 g/mol. The smallest absolute Gasteiger partial charge is 0.142 e. The lowest BCUT2D eigenvalue weighted by Crippen LogP contribution is -2.35. The number of para-hydroxylation sites is 1. The zero-order valence-electron chi connectivity index (χ0n) is 13.0. The molecule has 2 rings (SSSR count). The molecule has 0 aromatic heterocycles. The predicted molar refractivity (Wildman–Crippen MR) is 85.4 cm³/mol. The van der Waals surface area contributed by atoms with Crippen molar-refractivity contribution < 1.29 is 4.74 Å². The van der Waals surface area contributed by atoms with Crippen molar-refractivity contribution in [3.05, 3.63) is 28.8 Å². The Morgan fingerprint density at radius 1 is 1.38 bits per heavy atom. The molecule has 114 valence electrons. The summed E-state index contributed by atoms with van der Waals surface area (Å²) in [6.45, 7) is 7.68. The molecular formula is C17H23ClN2O. The standard InChI is InChI=1S/C17H23ClN2O/c1-16(2,3)20-11-13-5-4-6-14(18)15(13)21-12-17(7-8-17)9-10-19/h4-6,20H,7-9,11-12H2,1-3H3. The highest BCUT2D eigenvalue weighted by Gasteiger charge is 2.43. The molecule has 0 aliphatic heterocycles. The summed E-state index contributed by atoms with van der Waals surface area (Å²) >= 11 is 6.29. The average Bonchev–Trinajstić information content (AvgIpc) is 3.15. The SMILES string of the molecule is CC(C)(C)NCc1cccc(Cl)c1OCC1(CC#N)CC1. The van der Waals surface area contributed by atoms with Gasteiger partial charge in [-0.2, -0.15) is 5.26 Å². The maximum Gasteiger partial charge on any atom is 0.142 e. The first-order valence-corrected chi connectivity index (χ1v) is 7.75. The molecule has 3 nitrogen and oxygen atoms in total. The zero-order chi connectivity index (χ0) is 15.5. The van der Waals surface area contributed by atoms with Gasteiger partial charge in [0, 0.05) is 29.5 Å². The van der Waals surface area contributed by atoms with Crippen LogP contribution in [0.2, 0.25) is 5.02 Å². The molecule has 1 aliphatic rings. The van der Waals surface area contributed by atoms with Crippen molar-refractivity contribution in [1.29, 1.82) is 5.26 Å². The molecule has 1 fully saturated rings. The van der Waals surface area contributed by atoms with Crippen molar-refractivity contribution in [3.63, 3.8) is 0 Å². The highest BCUT2D eigenvalue weighted by Crippen LogP contribution is 2.49. The van der Waals surface area contributed by atoms with E-state index in [0.717, 1.165) is 24.2 Å². The van der Waals surface area contributed by atoms with Crippen molar-refractivity contribution in [2.45, 2.75) is 52.1 Å². The molecule has 0 unspecified atom stereocenters. The summed E-state index contributed by atoms with van der Waals surface area (Å²) in [7, 11) is 0. The van der Waals surface area contributed by atoms with Gasteiger partial charge in [-0.1, -0.05) is 23.7 Å². The lowest BCUT2D eigenvalue weighted by molar-refractivity contribution is 0.234. The zero-order valence-corrected chi connectivity index (χ0v) is 13.8.